The van der Waals surface area contributed by atoms with Crippen LogP contribution in [-0.2, 0) is 9.22 Å². The van der Waals surface area contributed by atoms with E-state index in [0.29, 0.717) is 0 Å². The predicted octanol–water partition coefficient (Wildman–Crippen LogP) is 11.0. The molecule has 0 fully saturated rings. The van der Waals surface area contributed by atoms with Gasteiger partial charge in [0.25, 0.3) is 8.32 Å². The number of aldehydes is 1. The maximum Gasteiger partial charge on any atom is 0.261 e. The molecule has 0 N–H and O–H groups in total. The van der Waals surface area contributed by atoms with E-state index < -0.39 is 8.32 Å². The molecule has 0 aliphatic rings. The fourth-order valence-electron chi connectivity index (χ4n) is 6.50. The molecule has 3 heteroatoms. The number of benzene rings is 2. The van der Waals surface area contributed by atoms with Crippen LogP contribution in [0.4, 0.5) is 0 Å². The van der Waals surface area contributed by atoms with Crippen LogP contribution in [0.25, 0.3) is 0 Å². The topological polar surface area (TPSA) is 26.3 Å². The lowest BCUT2D eigenvalue weighted by atomic mass is 10.0. The largest absolute Gasteiger partial charge is 0.407 e. The van der Waals surface area contributed by atoms with E-state index in [4.69, 9.17) is 4.43 Å². The van der Waals surface area contributed by atoms with Crippen LogP contribution in [0.5, 0.6) is 0 Å². The highest BCUT2D eigenvalue weighted by Crippen LogP contribution is 2.36. The Hall–Kier alpha value is -1.71. The molecule has 2 nitrogen and oxygen atoms in total. The number of carbonyl (C=O) groups excluding carboxylic acids is 1. The van der Waals surface area contributed by atoms with Crippen LogP contribution < -0.4 is 10.4 Å². The average Bonchev–Trinajstić information content (AvgIpc) is 3.00. The van der Waals surface area contributed by atoms with E-state index in [1.54, 1.807) is 0 Å². The third-order valence-corrected chi connectivity index (χ3v) is 14.0. The molecule has 0 heterocycles. The lowest BCUT2D eigenvalue weighted by Crippen LogP contribution is -2.66. The zero-order valence-corrected chi connectivity index (χ0v) is 28.7. The van der Waals surface area contributed by atoms with Crippen molar-refractivity contribution in [3.8, 4) is 0 Å². The molecule has 2 aromatic rings. The molecule has 0 aromatic heterocycles. The minimum absolute atomic E-state index is 0.0645. The third kappa shape index (κ3) is 14.2. The van der Waals surface area contributed by atoms with Crippen molar-refractivity contribution in [2.24, 2.45) is 0 Å². The molecule has 0 saturated heterocycles. The van der Waals surface area contributed by atoms with Crippen molar-refractivity contribution in [1.82, 2.24) is 0 Å². The van der Waals surface area contributed by atoms with Gasteiger partial charge in [0, 0.05) is 13.0 Å². The van der Waals surface area contributed by atoms with E-state index in [2.05, 4.69) is 81.4 Å². The summed E-state index contributed by atoms with van der Waals surface area (Å²) in [6, 6.07) is 22.1. The van der Waals surface area contributed by atoms with Gasteiger partial charge in [0.1, 0.15) is 6.29 Å². The number of rotatable bonds is 26. The Labute approximate surface area is 261 Å². The van der Waals surface area contributed by atoms with E-state index in [1.807, 2.05) is 0 Å². The fraction of sp³-hybridized carbons (Fsp3) is 0.667. The number of hydrogen-bond donors (Lipinski definition) is 0. The second-order valence-electron chi connectivity index (χ2n) is 13.5. The maximum absolute atomic E-state index is 10.3. The van der Waals surface area contributed by atoms with Crippen molar-refractivity contribution in [2.75, 3.05) is 6.61 Å². The lowest BCUT2D eigenvalue weighted by Gasteiger charge is -2.43. The Kier molecular flexibility index (Phi) is 19.8. The zero-order valence-electron chi connectivity index (χ0n) is 27.7. The molecule has 2 rings (SSSR count). The molecular weight excluding hydrogens is 529 g/mol. The molecule has 0 aliphatic carbocycles. The molecular formula is C39H64O2Si. The molecule has 0 bridgehead atoms. The van der Waals surface area contributed by atoms with E-state index in [-0.39, 0.29) is 5.04 Å². The third-order valence-electron chi connectivity index (χ3n) is 8.95. The highest BCUT2D eigenvalue weighted by Gasteiger charge is 2.49. The summed E-state index contributed by atoms with van der Waals surface area (Å²) in [4.78, 5) is 10.3. The van der Waals surface area contributed by atoms with Crippen molar-refractivity contribution in [2.45, 2.75) is 161 Å². The Balaban J connectivity index is 1.48. The van der Waals surface area contributed by atoms with Gasteiger partial charge in [-0.1, -0.05) is 197 Å². The first-order valence-corrected chi connectivity index (χ1v) is 19.6. The smallest absolute Gasteiger partial charge is 0.261 e. The summed E-state index contributed by atoms with van der Waals surface area (Å²) in [6.45, 7) is 7.96. The SMILES string of the molecule is CC(C)(C)[Si](OCCCCCCCCCCCCCCCCCCCCCCC=O)(c1ccccc1)c1ccccc1. The van der Waals surface area contributed by atoms with Gasteiger partial charge in [-0.05, 0) is 28.3 Å². The normalized spacial score (nSPS) is 12.1. The Morgan fingerprint density at radius 1 is 0.500 bits per heavy atom. The summed E-state index contributed by atoms with van der Waals surface area (Å²) in [5.41, 5.74) is 0. The van der Waals surface area contributed by atoms with Gasteiger partial charge in [-0.3, -0.25) is 0 Å². The monoisotopic (exact) mass is 592 g/mol. The maximum atomic E-state index is 10.3. The predicted molar refractivity (Wildman–Crippen MR) is 187 cm³/mol. The molecule has 0 saturated carbocycles. The van der Waals surface area contributed by atoms with Crippen LogP contribution >= 0.6 is 0 Å². The van der Waals surface area contributed by atoms with E-state index in [1.165, 1.54) is 126 Å². The van der Waals surface area contributed by atoms with Crippen molar-refractivity contribution < 1.29 is 9.22 Å². The quantitative estimate of drug-likeness (QED) is 0.0617. The molecule has 2 aromatic carbocycles. The van der Waals surface area contributed by atoms with Crippen LogP contribution in [0.1, 0.15) is 156 Å². The second-order valence-corrected chi connectivity index (χ2v) is 17.8. The van der Waals surface area contributed by atoms with Crippen LogP contribution in [0, 0.1) is 0 Å². The summed E-state index contributed by atoms with van der Waals surface area (Å²) < 4.78 is 7.04. The van der Waals surface area contributed by atoms with Crippen LogP contribution in [0.15, 0.2) is 60.7 Å². The number of carbonyl (C=O) groups is 1. The molecule has 236 valence electrons. The summed E-state index contributed by atoms with van der Waals surface area (Å²) in [5.74, 6) is 0. The number of unbranched alkanes of at least 4 members (excludes halogenated alkanes) is 20. The van der Waals surface area contributed by atoms with Gasteiger partial charge in [0.05, 0.1) is 0 Å². The summed E-state index contributed by atoms with van der Waals surface area (Å²) >= 11 is 0. The Morgan fingerprint density at radius 2 is 0.810 bits per heavy atom. The van der Waals surface area contributed by atoms with Gasteiger partial charge in [-0.2, -0.15) is 0 Å². The van der Waals surface area contributed by atoms with Gasteiger partial charge in [0.15, 0.2) is 0 Å². The van der Waals surface area contributed by atoms with Crippen LogP contribution in [0.2, 0.25) is 5.04 Å². The minimum Gasteiger partial charge on any atom is -0.407 e. The van der Waals surface area contributed by atoms with Gasteiger partial charge in [-0.15, -0.1) is 0 Å². The van der Waals surface area contributed by atoms with Crippen LogP contribution in [-0.4, -0.2) is 21.2 Å². The van der Waals surface area contributed by atoms with E-state index in [0.717, 1.165) is 32.2 Å². The molecule has 0 aliphatic heterocycles. The molecule has 0 radical (unpaired) electrons. The molecule has 0 unspecified atom stereocenters. The lowest BCUT2D eigenvalue weighted by molar-refractivity contribution is -0.107. The van der Waals surface area contributed by atoms with E-state index >= 15 is 0 Å². The molecule has 0 amide bonds. The molecule has 0 spiro atoms. The van der Waals surface area contributed by atoms with Gasteiger partial charge in [-0.25, -0.2) is 0 Å². The van der Waals surface area contributed by atoms with Crippen molar-refractivity contribution in [1.29, 1.82) is 0 Å². The van der Waals surface area contributed by atoms with E-state index in [9.17, 15) is 4.79 Å². The summed E-state index contributed by atoms with van der Waals surface area (Å²) in [7, 11) is -2.37. The standard InChI is InChI=1S/C39H64O2Si/c1-39(2,3)42(37-31-25-23-26-32-37,38-33-27-24-28-34-38)41-36-30-22-20-18-16-14-12-10-8-6-4-5-7-9-11-13-15-17-19-21-29-35-40/h23-28,31-35H,4-22,29-30,36H2,1-3H3. The first-order chi connectivity index (χ1) is 20.5. The Bertz CT molecular complexity index is 850. The van der Waals surface area contributed by atoms with Crippen molar-refractivity contribution >= 4 is 25.0 Å². The van der Waals surface area contributed by atoms with Gasteiger partial charge >= 0.3 is 0 Å². The van der Waals surface area contributed by atoms with Gasteiger partial charge in [0.2, 0.25) is 0 Å². The second kappa shape index (κ2) is 22.8. The van der Waals surface area contributed by atoms with Crippen LogP contribution in [0.3, 0.4) is 0 Å². The highest BCUT2D eigenvalue weighted by molar-refractivity contribution is 6.99. The first kappa shape index (κ1) is 36.5. The van der Waals surface area contributed by atoms with Crippen molar-refractivity contribution in [3.63, 3.8) is 0 Å². The Morgan fingerprint density at radius 3 is 1.12 bits per heavy atom. The number of hydrogen-bond acceptors (Lipinski definition) is 2. The zero-order chi connectivity index (χ0) is 30.2. The fourth-order valence-corrected chi connectivity index (χ4v) is 11.1. The first-order valence-electron chi connectivity index (χ1n) is 17.7. The highest BCUT2D eigenvalue weighted by atomic mass is 28.4. The summed E-state index contributed by atoms with van der Waals surface area (Å²) in [5, 5.41) is 2.83. The summed E-state index contributed by atoms with van der Waals surface area (Å²) in [6.07, 6.45) is 29.0. The minimum atomic E-state index is -2.37. The van der Waals surface area contributed by atoms with Crippen molar-refractivity contribution in [3.05, 3.63) is 60.7 Å². The average molecular weight is 593 g/mol. The molecule has 0 atom stereocenters. The van der Waals surface area contributed by atoms with Gasteiger partial charge < -0.3 is 9.22 Å². The molecule has 42 heavy (non-hydrogen) atoms.